The number of rotatable bonds is 5. The van der Waals surface area contributed by atoms with Crippen LogP contribution in [0, 0.1) is 6.92 Å². The van der Waals surface area contributed by atoms with Gasteiger partial charge in [-0.15, -0.1) is 11.3 Å². The summed E-state index contributed by atoms with van der Waals surface area (Å²) in [6, 6.07) is -0.666. The molecule has 1 aromatic rings. The molecule has 17 heavy (non-hydrogen) atoms. The molecule has 0 radical (unpaired) electrons. The maximum Gasteiger partial charge on any atom is 0.347 e. The van der Waals surface area contributed by atoms with Crippen molar-refractivity contribution in [2.24, 2.45) is 0 Å². The lowest BCUT2D eigenvalue weighted by Crippen LogP contribution is -2.35. The number of nitrogens with one attached hydrogen (secondary N) is 1. The number of aryl methyl sites for hydroxylation is 1. The van der Waals surface area contributed by atoms with Gasteiger partial charge in [0.2, 0.25) is 10.0 Å². The summed E-state index contributed by atoms with van der Waals surface area (Å²) >= 11 is 0.865. The molecule has 0 aliphatic heterocycles. The highest BCUT2D eigenvalue weighted by Crippen LogP contribution is 2.26. The van der Waals surface area contributed by atoms with E-state index < -0.39 is 22.0 Å². The standard InChI is InChI=1S/C9H13NO5S2/c1-5-4-16-7(9(12)13)8(5)17(14,15)10-6(2)3-11/h4,6,10-11H,3H2,1-2H3,(H,12,13)/t6-/m1/s1. The first-order valence-corrected chi connectivity index (χ1v) is 7.10. The van der Waals surface area contributed by atoms with E-state index in [1.165, 1.54) is 19.2 Å². The minimum atomic E-state index is -3.92. The third-order valence-corrected chi connectivity index (χ3v) is 5.00. The van der Waals surface area contributed by atoms with E-state index in [0.717, 1.165) is 11.3 Å². The third-order valence-electron chi connectivity index (χ3n) is 2.01. The fraction of sp³-hybridized carbons (Fsp3) is 0.444. The van der Waals surface area contributed by atoms with Crippen LogP contribution in [-0.4, -0.2) is 37.2 Å². The van der Waals surface area contributed by atoms with Gasteiger partial charge in [0.25, 0.3) is 0 Å². The summed E-state index contributed by atoms with van der Waals surface area (Å²) in [7, 11) is -3.92. The van der Waals surface area contributed by atoms with Gasteiger partial charge >= 0.3 is 5.97 Å². The van der Waals surface area contributed by atoms with Crippen molar-refractivity contribution < 1.29 is 23.4 Å². The zero-order valence-electron chi connectivity index (χ0n) is 9.30. The molecule has 3 N–H and O–H groups in total. The molecule has 0 bridgehead atoms. The lowest BCUT2D eigenvalue weighted by molar-refractivity contribution is 0.0698. The minimum absolute atomic E-state index is 0.222. The monoisotopic (exact) mass is 279 g/mol. The number of carbonyl (C=O) groups is 1. The average molecular weight is 279 g/mol. The Labute approximate surface area is 103 Å². The maximum absolute atomic E-state index is 11.9. The van der Waals surface area contributed by atoms with Gasteiger partial charge in [0, 0.05) is 6.04 Å². The fourth-order valence-electron chi connectivity index (χ4n) is 1.28. The SMILES string of the molecule is Cc1csc(C(=O)O)c1S(=O)(=O)N[C@H](C)CO. The van der Waals surface area contributed by atoms with E-state index in [4.69, 9.17) is 10.2 Å². The molecule has 1 heterocycles. The minimum Gasteiger partial charge on any atom is -0.477 e. The number of aliphatic hydroxyl groups excluding tert-OH is 1. The van der Waals surface area contributed by atoms with Crippen LogP contribution in [0.4, 0.5) is 0 Å². The van der Waals surface area contributed by atoms with Gasteiger partial charge in [-0.05, 0) is 24.8 Å². The predicted molar refractivity (Wildman–Crippen MR) is 62.9 cm³/mol. The average Bonchev–Trinajstić information content (AvgIpc) is 2.60. The Morgan fingerprint density at radius 2 is 2.18 bits per heavy atom. The van der Waals surface area contributed by atoms with Crippen molar-refractivity contribution >= 4 is 27.3 Å². The number of hydrogen-bond donors (Lipinski definition) is 3. The third kappa shape index (κ3) is 3.03. The van der Waals surface area contributed by atoms with Crippen LogP contribution < -0.4 is 4.72 Å². The van der Waals surface area contributed by atoms with Crippen LogP contribution in [0.3, 0.4) is 0 Å². The Hall–Kier alpha value is -0.960. The molecule has 0 amide bonds. The maximum atomic E-state index is 11.9. The van der Waals surface area contributed by atoms with Gasteiger partial charge in [-0.2, -0.15) is 0 Å². The van der Waals surface area contributed by atoms with Crippen molar-refractivity contribution in [1.29, 1.82) is 0 Å². The summed E-state index contributed by atoms with van der Waals surface area (Å²) in [5.41, 5.74) is 0.380. The summed E-state index contributed by atoms with van der Waals surface area (Å²) in [4.78, 5) is 10.5. The lowest BCUT2D eigenvalue weighted by Gasteiger charge is -2.12. The van der Waals surface area contributed by atoms with E-state index >= 15 is 0 Å². The molecule has 0 unspecified atom stereocenters. The van der Waals surface area contributed by atoms with E-state index in [0.29, 0.717) is 5.56 Å². The van der Waals surface area contributed by atoms with Crippen LogP contribution in [0.5, 0.6) is 0 Å². The van der Waals surface area contributed by atoms with Crippen molar-refractivity contribution in [1.82, 2.24) is 4.72 Å². The highest BCUT2D eigenvalue weighted by molar-refractivity contribution is 7.89. The summed E-state index contributed by atoms with van der Waals surface area (Å²) in [5, 5.41) is 19.2. The van der Waals surface area contributed by atoms with Crippen LogP contribution in [0.1, 0.15) is 22.2 Å². The smallest absolute Gasteiger partial charge is 0.347 e. The van der Waals surface area contributed by atoms with E-state index in [-0.39, 0.29) is 16.4 Å². The number of sulfonamides is 1. The highest BCUT2D eigenvalue weighted by atomic mass is 32.2. The summed E-state index contributed by atoms with van der Waals surface area (Å²) in [6.45, 7) is 2.66. The lowest BCUT2D eigenvalue weighted by atomic mass is 10.3. The quantitative estimate of drug-likeness (QED) is 0.724. The number of carboxylic acids is 1. The molecule has 1 rings (SSSR count). The van der Waals surface area contributed by atoms with Gasteiger partial charge in [-0.1, -0.05) is 0 Å². The first kappa shape index (κ1) is 14.1. The van der Waals surface area contributed by atoms with Crippen molar-refractivity contribution in [3.63, 3.8) is 0 Å². The molecule has 0 saturated carbocycles. The van der Waals surface area contributed by atoms with Crippen molar-refractivity contribution in [3.05, 3.63) is 15.8 Å². The molecule has 0 spiro atoms. The van der Waals surface area contributed by atoms with Crippen molar-refractivity contribution in [3.8, 4) is 0 Å². The van der Waals surface area contributed by atoms with Crippen LogP contribution >= 0.6 is 11.3 Å². The van der Waals surface area contributed by atoms with E-state index in [9.17, 15) is 13.2 Å². The fourth-order valence-corrected chi connectivity index (χ4v) is 4.14. The molecular weight excluding hydrogens is 266 g/mol. The first-order chi connectivity index (χ1) is 7.79. The summed E-state index contributed by atoms with van der Waals surface area (Å²) < 4.78 is 26.1. The Kier molecular flexibility index (Phi) is 4.26. The van der Waals surface area contributed by atoms with Crippen LogP contribution in [0.25, 0.3) is 0 Å². The highest BCUT2D eigenvalue weighted by Gasteiger charge is 2.27. The number of aromatic carboxylic acids is 1. The van der Waals surface area contributed by atoms with Crippen molar-refractivity contribution in [2.45, 2.75) is 24.8 Å². The zero-order chi connectivity index (χ0) is 13.2. The molecule has 1 atom stereocenters. The summed E-state index contributed by atoms with van der Waals surface area (Å²) in [5.74, 6) is -1.28. The van der Waals surface area contributed by atoms with Gasteiger partial charge in [0.05, 0.1) is 6.61 Å². The number of thiophene rings is 1. The van der Waals surface area contributed by atoms with Gasteiger partial charge < -0.3 is 10.2 Å². The molecule has 0 aliphatic rings. The van der Waals surface area contributed by atoms with E-state index in [2.05, 4.69) is 4.72 Å². The topological polar surface area (TPSA) is 104 Å². The molecule has 8 heteroatoms. The van der Waals surface area contributed by atoms with E-state index in [1.807, 2.05) is 0 Å². The van der Waals surface area contributed by atoms with Crippen molar-refractivity contribution in [2.75, 3.05) is 6.61 Å². The van der Waals surface area contributed by atoms with Gasteiger partial charge in [-0.3, -0.25) is 0 Å². The number of carboxylic acid groups (broad SMARTS) is 1. The first-order valence-electron chi connectivity index (χ1n) is 4.74. The molecule has 0 aromatic carbocycles. The second-order valence-electron chi connectivity index (χ2n) is 3.59. The molecule has 0 saturated heterocycles. The predicted octanol–water partition coefficient (Wildman–Crippen LogP) is 0.414. The Balaban J connectivity index is 3.23. The second kappa shape index (κ2) is 5.13. The molecule has 0 fully saturated rings. The molecular formula is C9H13NO5S2. The number of hydrogen-bond acceptors (Lipinski definition) is 5. The molecule has 0 aliphatic carbocycles. The van der Waals surface area contributed by atoms with Crippen LogP contribution in [0.15, 0.2) is 10.3 Å². The van der Waals surface area contributed by atoms with Crippen LogP contribution in [-0.2, 0) is 10.0 Å². The van der Waals surface area contributed by atoms with Crippen LogP contribution in [0.2, 0.25) is 0 Å². The second-order valence-corrected chi connectivity index (χ2v) is 6.12. The largest absolute Gasteiger partial charge is 0.477 e. The van der Waals surface area contributed by atoms with Gasteiger partial charge in [0.15, 0.2) is 0 Å². The number of aliphatic hydroxyl groups is 1. The Morgan fingerprint density at radius 3 is 2.65 bits per heavy atom. The summed E-state index contributed by atoms with van der Waals surface area (Å²) in [6.07, 6.45) is 0. The van der Waals surface area contributed by atoms with Gasteiger partial charge in [0.1, 0.15) is 9.77 Å². The Morgan fingerprint density at radius 1 is 1.59 bits per heavy atom. The van der Waals surface area contributed by atoms with E-state index in [1.54, 1.807) is 0 Å². The Bertz CT molecular complexity index is 519. The molecule has 96 valence electrons. The molecule has 6 nitrogen and oxygen atoms in total. The molecule has 1 aromatic heterocycles. The zero-order valence-corrected chi connectivity index (χ0v) is 10.9. The van der Waals surface area contributed by atoms with Gasteiger partial charge in [-0.25, -0.2) is 17.9 Å². The normalized spacial score (nSPS) is 13.6.